The van der Waals surface area contributed by atoms with Gasteiger partial charge < -0.3 is 5.73 Å². The quantitative estimate of drug-likeness (QED) is 0.929. The van der Waals surface area contributed by atoms with E-state index in [9.17, 15) is 4.39 Å². The standard InChI is InChI=1S/C14H20ClFN2S/c1-9-10(2)19-7-6-18(9)13(8-17)11-4-3-5-12(15)14(11)16/h3-5,9-10,13H,6-8,17H2,1-2H3. The molecule has 19 heavy (non-hydrogen) atoms. The van der Waals surface area contributed by atoms with E-state index < -0.39 is 0 Å². The van der Waals surface area contributed by atoms with Gasteiger partial charge in [-0.2, -0.15) is 11.8 Å². The molecule has 5 heteroatoms. The van der Waals surface area contributed by atoms with Crippen LogP contribution in [0.25, 0.3) is 0 Å². The molecular weight excluding hydrogens is 283 g/mol. The van der Waals surface area contributed by atoms with Gasteiger partial charge in [-0.3, -0.25) is 4.90 Å². The predicted octanol–water partition coefficient (Wildman–Crippen LogP) is 3.30. The highest BCUT2D eigenvalue weighted by atomic mass is 35.5. The largest absolute Gasteiger partial charge is 0.329 e. The molecule has 1 fully saturated rings. The van der Waals surface area contributed by atoms with E-state index in [1.165, 1.54) is 0 Å². The van der Waals surface area contributed by atoms with Crippen LogP contribution in [0.2, 0.25) is 5.02 Å². The fourth-order valence-electron chi connectivity index (χ4n) is 2.62. The lowest BCUT2D eigenvalue weighted by molar-refractivity contribution is 0.148. The van der Waals surface area contributed by atoms with Crippen molar-refractivity contribution in [1.29, 1.82) is 0 Å². The Bertz CT molecular complexity index is 443. The first kappa shape index (κ1) is 15.1. The number of nitrogens with zero attached hydrogens (tertiary/aromatic N) is 1. The molecule has 1 aliphatic heterocycles. The van der Waals surface area contributed by atoms with Crippen LogP contribution in [0, 0.1) is 5.82 Å². The second-order valence-electron chi connectivity index (χ2n) is 4.95. The summed E-state index contributed by atoms with van der Waals surface area (Å²) in [6, 6.07) is 5.43. The van der Waals surface area contributed by atoms with Gasteiger partial charge >= 0.3 is 0 Å². The van der Waals surface area contributed by atoms with Crippen molar-refractivity contribution in [2.45, 2.75) is 31.2 Å². The monoisotopic (exact) mass is 302 g/mol. The van der Waals surface area contributed by atoms with Crippen molar-refractivity contribution in [3.8, 4) is 0 Å². The van der Waals surface area contributed by atoms with Crippen LogP contribution in [0.5, 0.6) is 0 Å². The number of hydrogen-bond acceptors (Lipinski definition) is 3. The zero-order chi connectivity index (χ0) is 14.0. The Morgan fingerprint density at radius 1 is 1.53 bits per heavy atom. The Labute approximate surface area is 123 Å². The van der Waals surface area contributed by atoms with Crippen molar-refractivity contribution in [3.05, 3.63) is 34.6 Å². The van der Waals surface area contributed by atoms with E-state index in [4.69, 9.17) is 17.3 Å². The zero-order valence-corrected chi connectivity index (χ0v) is 12.8. The Balaban J connectivity index is 2.31. The van der Waals surface area contributed by atoms with Gasteiger partial charge in [-0.15, -0.1) is 0 Å². The highest BCUT2D eigenvalue weighted by molar-refractivity contribution is 8.00. The Hall–Kier alpha value is -0.290. The average molecular weight is 303 g/mol. The van der Waals surface area contributed by atoms with E-state index in [0.29, 0.717) is 23.4 Å². The molecule has 0 spiro atoms. The first-order valence-electron chi connectivity index (χ1n) is 6.57. The summed E-state index contributed by atoms with van der Waals surface area (Å²) in [5, 5.41) is 0.702. The highest BCUT2D eigenvalue weighted by Crippen LogP contribution is 2.33. The minimum atomic E-state index is -0.335. The molecule has 1 saturated heterocycles. The SMILES string of the molecule is CC1SCCN(C(CN)c2cccc(Cl)c2F)C1C. The molecular formula is C14H20ClFN2S. The van der Waals surface area contributed by atoms with Crippen molar-refractivity contribution in [2.75, 3.05) is 18.8 Å². The third-order valence-electron chi connectivity index (χ3n) is 3.90. The van der Waals surface area contributed by atoms with Crippen LogP contribution in [0.4, 0.5) is 4.39 Å². The van der Waals surface area contributed by atoms with Crippen LogP contribution in [-0.4, -0.2) is 35.0 Å². The summed E-state index contributed by atoms with van der Waals surface area (Å²) in [4.78, 5) is 2.30. The number of rotatable bonds is 3. The molecule has 1 aromatic carbocycles. The molecule has 1 aliphatic rings. The van der Waals surface area contributed by atoms with Gasteiger partial charge in [0.25, 0.3) is 0 Å². The van der Waals surface area contributed by atoms with E-state index in [0.717, 1.165) is 12.3 Å². The van der Waals surface area contributed by atoms with Crippen molar-refractivity contribution >= 4 is 23.4 Å². The van der Waals surface area contributed by atoms with Crippen LogP contribution < -0.4 is 5.73 Å². The lowest BCUT2D eigenvalue weighted by Crippen LogP contribution is -2.48. The Morgan fingerprint density at radius 3 is 2.95 bits per heavy atom. The van der Waals surface area contributed by atoms with Gasteiger partial charge in [0.15, 0.2) is 0 Å². The van der Waals surface area contributed by atoms with Gasteiger partial charge in [-0.1, -0.05) is 30.7 Å². The van der Waals surface area contributed by atoms with E-state index in [1.54, 1.807) is 18.2 Å². The molecule has 0 bridgehead atoms. The number of hydrogen-bond donors (Lipinski definition) is 1. The van der Waals surface area contributed by atoms with Crippen molar-refractivity contribution < 1.29 is 4.39 Å². The smallest absolute Gasteiger partial charge is 0.146 e. The normalized spacial score (nSPS) is 26.4. The molecule has 3 unspecified atom stereocenters. The zero-order valence-electron chi connectivity index (χ0n) is 11.3. The van der Waals surface area contributed by atoms with Crippen LogP contribution in [0.1, 0.15) is 25.5 Å². The van der Waals surface area contributed by atoms with Crippen molar-refractivity contribution in [1.82, 2.24) is 4.90 Å². The molecule has 2 N–H and O–H groups in total. The topological polar surface area (TPSA) is 29.3 Å². The Kier molecular flexibility index (Phi) is 5.12. The van der Waals surface area contributed by atoms with Gasteiger partial charge in [-0.05, 0) is 13.0 Å². The van der Waals surface area contributed by atoms with E-state index in [2.05, 4.69) is 18.7 Å². The van der Waals surface area contributed by atoms with E-state index in [1.807, 2.05) is 11.8 Å². The minimum Gasteiger partial charge on any atom is -0.329 e. The first-order chi connectivity index (χ1) is 9.06. The summed E-state index contributed by atoms with van der Waals surface area (Å²) in [5.41, 5.74) is 6.52. The van der Waals surface area contributed by atoms with E-state index in [-0.39, 0.29) is 16.9 Å². The summed E-state index contributed by atoms with van der Waals surface area (Å²) in [6.45, 7) is 5.73. The summed E-state index contributed by atoms with van der Waals surface area (Å²) >= 11 is 7.84. The van der Waals surface area contributed by atoms with Crippen LogP contribution in [0.3, 0.4) is 0 Å². The molecule has 1 aromatic rings. The maximum absolute atomic E-state index is 14.2. The van der Waals surface area contributed by atoms with Crippen LogP contribution in [0.15, 0.2) is 18.2 Å². The van der Waals surface area contributed by atoms with Crippen molar-refractivity contribution in [2.24, 2.45) is 5.73 Å². The molecule has 0 radical (unpaired) electrons. The van der Waals surface area contributed by atoms with Crippen LogP contribution in [-0.2, 0) is 0 Å². The number of halogens is 2. The van der Waals surface area contributed by atoms with Crippen LogP contribution >= 0.6 is 23.4 Å². The lowest BCUT2D eigenvalue weighted by Gasteiger charge is -2.42. The summed E-state index contributed by atoms with van der Waals surface area (Å²) in [7, 11) is 0. The third-order valence-corrected chi connectivity index (χ3v) is 5.53. The van der Waals surface area contributed by atoms with Crippen molar-refractivity contribution in [3.63, 3.8) is 0 Å². The van der Waals surface area contributed by atoms with Gasteiger partial charge in [0.2, 0.25) is 0 Å². The summed E-state index contributed by atoms with van der Waals surface area (Å²) < 4.78 is 14.2. The summed E-state index contributed by atoms with van der Waals surface area (Å²) in [5.74, 6) is 0.724. The molecule has 3 atom stereocenters. The molecule has 0 aliphatic carbocycles. The molecule has 2 rings (SSSR count). The van der Waals surface area contributed by atoms with Gasteiger partial charge in [0.1, 0.15) is 5.82 Å². The van der Waals surface area contributed by atoms with Gasteiger partial charge in [-0.25, -0.2) is 4.39 Å². The highest BCUT2D eigenvalue weighted by Gasteiger charge is 2.32. The molecule has 1 heterocycles. The number of nitrogens with two attached hydrogens (primary N) is 1. The molecule has 106 valence electrons. The Morgan fingerprint density at radius 2 is 2.26 bits per heavy atom. The maximum atomic E-state index is 14.2. The fourth-order valence-corrected chi connectivity index (χ4v) is 3.92. The first-order valence-corrected chi connectivity index (χ1v) is 8.00. The van der Waals surface area contributed by atoms with Gasteiger partial charge in [0, 0.05) is 35.7 Å². The lowest BCUT2D eigenvalue weighted by atomic mass is 10.0. The van der Waals surface area contributed by atoms with E-state index >= 15 is 0 Å². The molecule has 0 aromatic heterocycles. The third kappa shape index (κ3) is 3.07. The summed E-state index contributed by atoms with van der Waals surface area (Å²) in [6.07, 6.45) is 0. The van der Waals surface area contributed by atoms with Gasteiger partial charge in [0.05, 0.1) is 11.1 Å². The molecule has 2 nitrogen and oxygen atoms in total. The fraction of sp³-hybridized carbons (Fsp3) is 0.571. The second-order valence-corrected chi connectivity index (χ2v) is 6.84. The molecule has 0 amide bonds. The molecule has 0 saturated carbocycles. The predicted molar refractivity (Wildman–Crippen MR) is 81.3 cm³/mol. The minimum absolute atomic E-state index is 0.1000. The number of benzene rings is 1. The second kappa shape index (κ2) is 6.44. The number of thioether (sulfide) groups is 1. The average Bonchev–Trinajstić information content (AvgIpc) is 2.40. The maximum Gasteiger partial charge on any atom is 0.146 e.